The molecule has 2 aromatic heterocycles. The molecule has 128 valence electrons. The highest BCUT2D eigenvalue weighted by Crippen LogP contribution is 2.59. The molecule has 1 aliphatic heterocycles. The number of aromatic nitrogens is 2. The molecule has 1 unspecified atom stereocenters. The summed E-state index contributed by atoms with van der Waals surface area (Å²) in [5.41, 5.74) is 1.95. The van der Waals surface area contributed by atoms with Gasteiger partial charge in [0.1, 0.15) is 5.01 Å². The molecule has 5 heteroatoms. The lowest BCUT2D eigenvalue weighted by atomic mass is 9.90. The molecule has 4 rings (SSSR count). The number of hydrogen-bond acceptors (Lipinski definition) is 5. The summed E-state index contributed by atoms with van der Waals surface area (Å²) < 4.78 is 0. The zero-order valence-corrected chi connectivity index (χ0v) is 15.2. The highest BCUT2D eigenvalue weighted by Gasteiger charge is 2.54. The monoisotopic (exact) mass is 342 g/mol. The Morgan fingerprint density at radius 2 is 2.21 bits per heavy atom. The van der Waals surface area contributed by atoms with Crippen molar-refractivity contribution in [2.75, 3.05) is 26.7 Å². The van der Waals surface area contributed by atoms with Crippen molar-refractivity contribution in [2.45, 2.75) is 32.4 Å². The van der Waals surface area contributed by atoms with Gasteiger partial charge in [-0.3, -0.25) is 9.88 Å². The Morgan fingerprint density at radius 3 is 2.92 bits per heavy atom. The first-order valence-electron chi connectivity index (χ1n) is 8.92. The average Bonchev–Trinajstić information content (AvgIpc) is 3.00. The Bertz CT molecular complexity index is 635. The minimum Gasteiger partial charge on any atom is -0.302 e. The smallest absolute Gasteiger partial charge is 0.107 e. The maximum absolute atomic E-state index is 4.42. The molecule has 2 fully saturated rings. The summed E-state index contributed by atoms with van der Waals surface area (Å²) in [7, 11) is 2.25. The van der Waals surface area contributed by atoms with Crippen LogP contribution >= 0.6 is 11.3 Å². The van der Waals surface area contributed by atoms with Crippen molar-refractivity contribution in [2.24, 2.45) is 11.3 Å². The largest absolute Gasteiger partial charge is 0.302 e. The van der Waals surface area contributed by atoms with Gasteiger partial charge < -0.3 is 4.90 Å². The second kappa shape index (κ2) is 6.90. The summed E-state index contributed by atoms with van der Waals surface area (Å²) in [6.45, 7) is 5.75. The molecule has 0 amide bonds. The Balaban J connectivity index is 1.23. The van der Waals surface area contributed by atoms with Crippen LogP contribution in [0, 0.1) is 11.3 Å². The van der Waals surface area contributed by atoms with E-state index in [2.05, 4.69) is 38.3 Å². The van der Waals surface area contributed by atoms with Crippen LogP contribution in [0.4, 0.5) is 0 Å². The number of nitrogens with zero attached hydrogens (tertiary/aromatic N) is 4. The number of pyridine rings is 1. The van der Waals surface area contributed by atoms with E-state index in [9.17, 15) is 0 Å². The average molecular weight is 343 g/mol. The zero-order chi connectivity index (χ0) is 16.4. The molecule has 1 spiro atoms. The Morgan fingerprint density at radius 1 is 1.33 bits per heavy atom. The Kier molecular flexibility index (Phi) is 4.66. The molecule has 2 aliphatic rings. The molecular formula is C19H26N4S. The number of likely N-dealkylation sites (tertiary alicyclic amines) is 1. The van der Waals surface area contributed by atoms with Gasteiger partial charge in [-0.2, -0.15) is 0 Å². The lowest BCUT2D eigenvalue weighted by Crippen LogP contribution is -2.35. The molecule has 2 aromatic rings. The van der Waals surface area contributed by atoms with Crippen molar-refractivity contribution < 1.29 is 0 Å². The molecule has 1 aliphatic carbocycles. The van der Waals surface area contributed by atoms with Crippen molar-refractivity contribution >= 4 is 11.3 Å². The normalized spacial score (nSPS) is 23.0. The van der Waals surface area contributed by atoms with Crippen LogP contribution in [0.15, 0.2) is 36.1 Å². The van der Waals surface area contributed by atoms with Gasteiger partial charge in [-0.25, -0.2) is 4.98 Å². The molecular weight excluding hydrogens is 316 g/mol. The predicted molar refractivity (Wildman–Crippen MR) is 97.7 cm³/mol. The van der Waals surface area contributed by atoms with E-state index in [1.54, 1.807) is 11.3 Å². The molecule has 0 N–H and O–H groups in total. The fourth-order valence-electron chi connectivity index (χ4n) is 4.23. The second-order valence-electron chi connectivity index (χ2n) is 7.52. The van der Waals surface area contributed by atoms with Crippen molar-refractivity contribution in [1.82, 2.24) is 19.8 Å². The summed E-state index contributed by atoms with van der Waals surface area (Å²) in [5.74, 6) is 0.890. The fraction of sp³-hybridized carbons (Fsp3) is 0.579. The number of hydrogen-bond donors (Lipinski definition) is 0. The molecule has 1 atom stereocenters. The third kappa shape index (κ3) is 3.68. The zero-order valence-electron chi connectivity index (χ0n) is 14.4. The molecule has 24 heavy (non-hydrogen) atoms. The van der Waals surface area contributed by atoms with Gasteiger partial charge in [-0.05, 0) is 62.4 Å². The van der Waals surface area contributed by atoms with E-state index in [0.717, 1.165) is 19.0 Å². The molecule has 0 aromatic carbocycles. The number of rotatable bonds is 6. The molecule has 0 radical (unpaired) electrons. The van der Waals surface area contributed by atoms with Gasteiger partial charge in [0.2, 0.25) is 0 Å². The van der Waals surface area contributed by atoms with Gasteiger partial charge >= 0.3 is 0 Å². The number of thiazole rings is 1. The van der Waals surface area contributed by atoms with Crippen LogP contribution in [0.25, 0.3) is 0 Å². The Labute approximate surface area is 148 Å². The topological polar surface area (TPSA) is 32.3 Å². The van der Waals surface area contributed by atoms with E-state index in [1.165, 1.54) is 49.5 Å². The van der Waals surface area contributed by atoms with Crippen LogP contribution in [0.1, 0.15) is 29.8 Å². The van der Waals surface area contributed by atoms with E-state index in [4.69, 9.17) is 0 Å². The quantitative estimate of drug-likeness (QED) is 0.806. The predicted octanol–water partition coefficient (Wildman–Crippen LogP) is 3.27. The third-order valence-electron chi connectivity index (χ3n) is 5.76. The highest BCUT2D eigenvalue weighted by molar-refractivity contribution is 7.09. The van der Waals surface area contributed by atoms with E-state index >= 15 is 0 Å². The molecule has 4 nitrogen and oxygen atoms in total. The summed E-state index contributed by atoms with van der Waals surface area (Å²) >= 11 is 1.78. The van der Waals surface area contributed by atoms with Gasteiger partial charge in [0, 0.05) is 37.1 Å². The summed E-state index contributed by atoms with van der Waals surface area (Å²) in [4.78, 5) is 13.7. The van der Waals surface area contributed by atoms with Gasteiger partial charge in [0.05, 0.1) is 6.54 Å². The SMILES string of the molecule is CN(Cc1cccnc1)CC1CC12CCN(Cc1nccs1)CC2. The first-order chi connectivity index (χ1) is 11.7. The lowest BCUT2D eigenvalue weighted by molar-refractivity contribution is 0.149. The van der Waals surface area contributed by atoms with Crippen LogP contribution in [-0.2, 0) is 13.1 Å². The maximum atomic E-state index is 4.42. The van der Waals surface area contributed by atoms with Gasteiger partial charge in [-0.1, -0.05) is 6.07 Å². The standard InChI is InChI=1S/C19H26N4S/c1-22(13-16-3-2-6-20-12-16)14-17-11-19(17)4-8-23(9-5-19)15-18-21-7-10-24-18/h2-3,6-7,10,12,17H,4-5,8-9,11,13-15H2,1H3. The first-order valence-corrected chi connectivity index (χ1v) is 9.80. The third-order valence-corrected chi connectivity index (χ3v) is 6.52. The van der Waals surface area contributed by atoms with Crippen LogP contribution in [0.2, 0.25) is 0 Å². The van der Waals surface area contributed by atoms with E-state index in [0.29, 0.717) is 5.41 Å². The van der Waals surface area contributed by atoms with Gasteiger partial charge in [0.15, 0.2) is 0 Å². The van der Waals surface area contributed by atoms with Crippen LogP contribution in [0.3, 0.4) is 0 Å². The lowest BCUT2D eigenvalue weighted by Gasteiger charge is -2.33. The van der Waals surface area contributed by atoms with Gasteiger partial charge in [-0.15, -0.1) is 11.3 Å². The second-order valence-corrected chi connectivity index (χ2v) is 8.50. The minimum atomic E-state index is 0.641. The van der Waals surface area contributed by atoms with Crippen LogP contribution < -0.4 is 0 Å². The fourth-order valence-corrected chi connectivity index (χ4v) is 4.88. The van der Waals surface area contributed by atoms with E-state index in [1.807, 2.05) is 24.7 Å². The van der Waals surface area contributed by atoms with Crippen molar-refractivity contribution in [1.29, 1.82) is 0 Å². The maximum Gasteiger partial charge on any atom is 0.107 e. The molecule has 3 heterocycles. The van der Waals surface area contributed by atoms with Crippen LogP contribution in [-0.4, -0.2) is 46.4 Å². The van der Waals surface area contributed by atoms with E-state index < -0.39 is 0 Å². The van der Waals surface area contributed by atoms with Crippen LogP contribution in [0.5, 0.6) is 0 Å². The minimum absolute atomic E-state index is 0.641. The van der Waals surface area contributed by atoms with Gasteiger partial charge in [0.25, 0.3) is 0 Å². The summed E-state index contributed by atoms with van der Waals surface area (Å²) in [6, 6.07) is 4.20. The first kappa shape index (κ1) is 16.2. The number of piperidine rings is 1. The summed E-state index contributed by atoms with van der Waals surface area (Å²) in [5, 5.41) is 3.34. The van der Waals surface area contributed by atoms with E-state index in [-0.39, 0.29) is 0 Å². The van der Waals surface area contributed by atoms with Crippen molar-refractivity contribution in [3.63, 3.8) is 0 Å². The summed E-state index contributed by atoms with van der Waals surface area (Å²) in [6.07, 6.45) is 9.90. The van der Waals surface area contributed by atoms with Crippen molar-refractivity contribution in [3.05, 3.63) is 46.7 Å². The molecule has 1 saturated carbocycles. The van der Waals surface area contributed by atoms with Crippen molar-refractivity contribution in [3.8, 4) is 0 Å². The molecule has 1 saturated heterocycles. The highest BCUT2D eigenvalue weighted by atomic mass is 32.1. The Hall–Kier alpha value is -1.30. The molecule has 0 bridgehead atoms.